The number of unbranched alkanes of at least 4 members (excludes halogenated alkanes) is 4. The Morgan fingerprint density at radius 3 is 2.36 bits per heavy atom. The van der Waals surface area contributed by atoms with Crippen molar-refractivity contribution >= 4 is 11.8 Å². The summed E-state index contributed by atoms with van der Waals surface area (Å²) in [6.07, 6.45) is 16.6. The minimum atomic E-state index is -0.275. The molecule has 3 N–H and O–H groups in total. The average molecular weight is 693 g/mol. The maximum Gasteiger partial charge on any atom is 0.226 e. The third kappa shape index (κ3) is 6.07. The van der Waals surface area contributed by atoms with Crippen molar-refractivity contribution in [1.29, 1.82) is 0 Å². The molecular weight excluding hydrogens is 624 g/mol. The van der Waals surface area contributed by atoms with Gasteiger partial charge in [-0.3, -0.25) is 9.59 Å². The second-order valence-corrected chi connectivity index (χ2v) is 19.1. The summed E-state index contributed by atoms with van der Waals surface area (Å²) in [5.41, 5.74) is 1.69. The van der Waals surface area contributed by atoms with Crippen LogP contribution < -0.4 is 5.32 Å². The zero-order valence-electron chi connectivity index (χ0n) is 32.5. The van der Waals surface area contributed by atoms with Crippen LogP contribution in [0.1, 0.15) is 150 Å². The number of tetrazole rings is 1. The molecule has 1 aromatic rings. The van der Waals surface area contributed by atoms with E-state index in [1.165, 1.54) is 31.3 Å². The van der Waals surface area contributed by atoms with Crippen molar-refractivity contribution in [3.05, 3.63) is 18.0 Å². The number of nitrogens with one attached hydrogen (secondary N) is 2. The highest BCUT2D eigenvalue weighted by Gasteiger charge is 2.71. The van der Waals surface area contributed by atoms with E-state index in [2.05, 4.69) is 74.1 Å². The van der Waals surface area contributed by atoms with E-state index in [-0.39, 0.29) is 39.1 Å². The van der Waals surface area contributed by atoms with Crippen LogP contribution in [0.2, 0.25) is 0 Å². The molecule has 9 heteroatoms. The molecule has 1 unspecified atom stereocenters. The number of aliphatic hydroxyl groups excluding tert-OH is 1. The molecule has 0 aromatic carbocycles. The zero-order chi connectivity index (χ0) is 36.1. The molecule has 2 amide bonds. The largest absolute Gasteiger partial charge is 0.393 e. The topological polar surface area (TPSA) is 124 Å². The second kappa shape index (κ2) is 13.9. The van der Waals surface area contributed by atoms with Gasteiger partial charge in [0.25, 0.3) is 0 Å². The number of H-pyrrole nitrogens is 1. The average Bonchev–Trinajstić information content (AvgIpc) is 3.73. The molecule has 50 heavy (non-hydrogen) atoms. The molecule has 10 atom stereocenters. The lowest BCUT2D eigenvalue weighted by Crippen LogP contribution is -2.67. The van der Waals surface area contributed by atoms with Crippen LogP contribution >= 0.6 is 0 Å². The Labute approximate surface area is 302 Å². The van der Waals surface area contributed by atoms with Crippen LogP contribution in [0, 0.1) is 56.7 Å². The standard InChI is InChI=1S/C41H68N6O3/c1-27(2)28-17-22-41(36(50)42-25-13-11-9-10-12-14-34(49)47(8)26-33-43-45-46-44-33)24-23-39(6)29(35(28)41)15-16-31-38(5)20-19-32(48)37(3,4)30(38)18-21-40(31,39)7/h28-32,35,48H,1,9-26H2,2-8H3,(H,42,50)(H,43,44,45,46)/t28-,29+,30-,31?,32-,35+,38-,39+,40+,41-/m0/s1. The number of aromatic nitrogens is 4. The van der Waals surface area contributed by atoms with Crippen molar-refractivity contribution in [1.82, 2.24) is 30.8 Å². The van der Waals surface area contributed by atoms with Gasteiger partial charge in [0.05, 0.1) is 18.1 Å². The quantitative estimate of drug-likeness (QED) is 0.153. The van der Waals surface area contributed by atoms with E-state index in [9.17, 15) is 14.7 Å². The first-order chi connectivity index (χ1) is 23.6. The molecule has 5 aliphatic carbocycles. The Hall–Kier alpha value is -2.29. The molecule has 0 radical (unpaired) electrons. The minimum absolute atomic E-state index is 0.0319. The minimum Gasteiger partial charge on any atom is -0.393 e. The highest BCUT2D eigenvalue weighted by atomic mass is 16.3. The van der Waals surface area contributed by atoms with Crippen molar-refractivity contribution < 1.29 is 14.7 Å². The lowest BCUT2D eigenvalue weighted by Gasteiger charge is -2.72. The SMILES string of the molecule is C=C(C)[C@@H]1CC[C@]2(C(=O)NCCCCCCCC(=O)N(C)Cc3nn[nH]n3)CC[C@]3(C)[C@H](CCC4[C@@]5(C)CC[C@H](O)C(C)(C)[C@@H]5CC[C@]43C)[C@@H]12. The molecule has 5 fully saturated rings. The van der Waals surface area contributed by atoms with Crippen LogP contribution in [-0.4, -0.2) is 62.1 Å². The van der Waals surface area contributed by atoms with Gasteiger partial charge < -0.3 is 15.3 Å². The highest BCUT2D eigenvalue weighted by Crippen LogP contribution is 2.77. The Kier molecular flexibility index (Phi) is 10.4. The smallest absolute Gasteiger partial charge is 0.226 e. The van der Waals surface area contributed by atoms with E-state index < -0.39 is 0 Å². The van der Waals surface area contributed by atoms with Gasteiger partial charge in [-0.2, -0.15) is 5.21 Å². The van der Waals surface area contributed by atoms with Crippen molar-refractivity contribution in [3.63, 3.8) is 0 Å². The molecule has 6 rings (SSSR count). The van der Waals surface area contributed by atoms with Gasteiger partial charge in [0.1, 0.15) is 0 Å². The summed E-state index contributed by atoms with van der Waals surface area (Å²) in [5, 5.41) is 28.4. The highest BCUT2D eigenvalue weighted by molar-refractivity contribution is 5.84. The monoisotopic (exact) mass is 693 g/mol. The molecular formula is C41H68N6O3. The first kappa shape index (κ1) is 37.5. The molecule has 9 nitrogen and oxygen atoms in total. The fourth-order valence-electron chi connectivity index (χ4n) is 13.6. The van der Waals surface area contributed by atoms with Gasteiger partial charge in [-0.25, -0.2) is 0 Å². The van der Waals surface area contributed by atoms with E-state index >= 15 is 0 Å². The summed E-state index contributed by atoms with van der Waals surface area (Å²) in [5.74, 6) is 3.52. The van der Waals surface area contributed by atoms with Crippen molar-refractivity contribution in [2.24, 2.45) is 56.7 Å². The number of hydrogen-bond acceptors (Lipinski definition) is 6. The second-order valence-electron chi connectivity index (χ2n) is 19.1. The normalized spacial score (nSPS) is 40.2. The zero-order valence-corrected chi connectivity index (χ0v) is 32.5. The number of amides is 2. The van der Waals surface area contributed by atoms with Gasteiger partial charge in [0.15, 0.2) is 5.82 Å². The number of carbonyl (C=O) groups is 2. The van der Waals surface area contributed by atoms with Crippen molar-refractivity contribution in [2.75, 3.05) is 13.6 Å². The molecule has 0 bridgehead atoms. The van der Waals surface area contributed by atoms with Crippen LogP contribution in [0.25, 0.3) is 0 Å². The third-order valence-corrected chi connectivity index (χ3v) is 16.5. The fraction of sp³-hybridized carbons (Fsp3) is 0.878. The van der Waals surface area contributed by atoms with E-state index in [0.29, 0.717) is 54.3 Å². The Balaban J connectivity index is 1.06. The number of aliphatic hydroxyl groups is 1. The number of fused-ring (bicyclic) bond motifs is 7. The van der Waals surface area contributed by atoms with Gasteiger partial charge in [0, 0.05) is 20.0 Å². The van der Waals surface area contributed by atoms with E-state index in [1.807, 2.05) is 0 Å². The van der Waals surface area contributed by atoms with Crippen LogP contribution in [0.3, 0.4) is 0 Å². The third-order valence-electron chi connectivity index (χ3n) is 16.5. The lowest BCUT2D eigenvalue weighted by molar-refractivity contribution is -0.246. The molecule has 0 spiro atoms. The first-order valence-corrected chi connectivity index (χ1v) is 20.2. The van der Waals surface area contributed by atoms with Gasteiger partial charge >= 0.3 is 0 Å². The summed E-state index contributed by atoms with van der Waals surface area (Å²) < 4.78 is 0. The predicted molar refractivity (Wildman–Crippen MR) is 196 cm³/mol. The number of carbonyl (C=O) groups excluding carboxylic acids is 2. The summed E-state index contributed by atoms with van der Waals surface area (Å²) in [4.78, 5) is 28.5. The Morgan fingerprint density at radius 1 is 0.900 bits per heavy atom. The van der Waals surface area contributed by atoms with E-state index in [1.54, 1.807) is 11.9 Å². The number of allylic oxidation sites excluding steroid dienone is 1. The summed E-state index contributed by atoms with van der Waals surface area (Å²) in [6.45, 7) is 20.4. The number of hydrogen-bond donors (Lipinski definition) is 3. The summed E-state index contributed by atoms with van der Waals surface area (Å²) in [6, 6.07) is 0. The van der Waals surface area contributed by atoms with E-state index in [4.69, 9.17) is 0 Å². The van der Waals surface area contributed by atoms with Crippen LogP contribution in [0.15, 0.2) is 12.2 Å². The maximum atomic E-state index is 14.4. The van der Waals surface area contributed by atoms with E-state index in [0.717, 1.165) is 77.2 Å². The van der Waals surface area contributed by atoms with Gasteiger partial charge in [-0.05, 0) is 135 Å². The van der Waals surface area contributed by atoms with Crippen LogP contribution in [0.4, 0.5) is 0 Å². The predicted octanol–water partition coefficient (Wildman–Crippen LogP) is 7.63. The van der Waals surface area contributed by atoms with Crippen molar-refractivity contribution in [3.8, 4) is 0 Å². The maximum absolute atomic E-state index is 14.4. The fourth-order valence-corrected chi connectivity index (χ4v) is 13.6. The number of aromatic amines is 1. The molecule has 280 valence electrons. The van der Waals surface area contributed by atoms with Gasteiger partial charge in [0.2, 0.25) is 11.8 Å². The van der Waals surface area contributed by atoms with Crippen LogP contribution in [-0.2, 0) is 16.1 Å². The van der Waals surface area contributed by atoms with Gasteiger partial charge in [-0.1, -0.05) is 71.2 Å². The molecule has 1 heterocycles. The molecule has 0 aliphatic heterocycles. The van der Waals surface area contributed by atoms with Crippen LogP contribution in [0.5, 0.6) is 0 Å². The first-order valence-electron chi connectivity index (χ1n) is 20.2. The Morgan fingerprint density at radius 2 is 1.64 bits per heavy atom. The molecule has 5 saturated carbocycles. The van der Waals surface area contributed by atoms with Crippen molar-refractivity contribution in [2.45, 2.75) is 157 Å². The molecule has 5 aliphatic rings. The number of nitrogens with zero attached hydrogens (tertiary/aromatic N) is 4. The summed E-state index contributed by atoms with van der Waals surface area (Å²) in [7, 11) is 1.78. The molecule has 0 saturated heterocycles. The lowest BCUT2D eigenvalue weighted by atomic mass is 9.32. The molecule has 1 aromatic heterocycles. The summed E-state index contributed by atoms with van der Waals surface area (Å²) >= 11 is 0. The Bertz CT molecular complexity index is 1400. The van der Waals surface area contributed by atoms with Gasteiger partial charge in [-0.15, -0.1) is 10.2 Å². The number of rotatable bonds is 12.